The summed E-state index contributed by atoms with van der Waals surface area (Å²) in [5.41, 5.74) is 7.92. The summed E-state index contributed by atoms with van der Waals surface area (Å²) in [6, 6.07) is 52.7. The lowest BCUT2D eigenvalue weighted by atomic mass is 9.88. The topological polar surface area (TPSA) is 49.4 Å². The average molecular weight is 645 g/mol. The van der Waals surface area contributed by atoms with Crippen molar-refractivity contribution in [1.82, 2.24) is 9.62 Å². The van der Waals surface area contributed by atoms with Crippen molar-refractivity contribution >= 4 is 31.6 Å². The van der Waals surface area contributed by atoms with Crippen molar-refractivity contribution in [2.24, 2.45) is 0 Å². The molecule has 0 bridgehead atoms. The Hall–Kier alpha value is -5.07. The highest BCUT2D eigenvalue weighted by Crippen LogP contribution is 2.45. The monoisotopic (exact) mass is 644 g/mol. The van der Waals surface area contributed by atoms with Gasteiger partial charge in [-0.2, -0.15) is 0 Å². The zero-order valence-corrected chi connectivity index (χ0v) is 27.6. The Balaban J connectivity index is 1.35. The second-order valence-corrected chi connectivity index (χ2v) is 14.4. The van der Waals surface area contributed by atoms with Crippen LogP contribution in [-0.2, 0) is 23.1 Å². The number of rotatable bonds is 7. The van der Waals surface area contributed by atoms with Gasteiger partial charge in [-0.3, -0.25) is 4.90 Å². The van der Waals surface area contributed by atoms with Gasteiger partial charge in [-0.25, -0.2) is 13.1 Å². The second-order valence-electron chi connectivity index (χ2n) is 12.7. The molecule has 0 aromatic heterocycles. The van der Waals surface area contributed by atoms with Crippen molar-refractivity contribution < 1.29 is 8.42 Å². The number of nitrogens with one attached hydrogen (secondary N) is 1. The molecule has 1 aliphatic heterocycles. The van der Waals surface area contributed by atoms with E-state index in [-0.39, 0.29) is 10.9 Å². The smallest absolute Gasteiger partial charge is 0.241 e. The van der Waals surface area contributed by atoms with Gasteiger partial charge in [-0.05, 0) is 74.0 Å². The summed E-state index contributed by atoms with van der Waals surface area (Å²) in [6.45, 7) is 3.24. The third-order valence-corrected chi connectivity index (χ3v) is 11.1. The van der Waals surface area contributed by atoms with E-state index in [1.54, 1.807) is 12.1 Å². The van der Waals surface area contributed by atoms with E-state index >= 15 is 0 Å². The first-order valence-electron chi connectivity index (χ1n) is 16.4. The molecule has 1 aliphatic rings. The predicted molar refractivity (Wildman–Crippen MR) is 196 cm³/mol. The van der Waals surface area contributed by atoms with Crippen molar-refractivity contribution in [3.05, 3.63) is 186 Å². The molecule has 7 aromatic carbocycles. The lowest BCUT2D eigenvalue weighted by Crippen LogP contribution is -2.40. The minimum absolute atomic E-state index is 0.255. The molecule has 0 saturated heterocycles. The standard InChI is InChI=1S/C43H36N2O2S/c1-30-20-26-37(27-21-30)48(46,47)44-42(33-14-4-2-5-15-33)43(34-16-6-3-7-17-34)45-28-35-24-22-31-12-8-10-18-38(31)40(35)41-36(29-45)25-23-32-13-9-11-19-39(32)41/h2-27,42-44H,28-29H2,1H3. The summed E-state index contributed by atoms with van der Waals surface area (Å²) in [4.78, 5) is 2.71. The van der Waals surface area contributed by atoms with Crippen molar-refractivity contribution in [1.29, 1.82) is 0 Å². The number of sulfonamides is 1. The maximum absolute atomic E-state index is 14.2. The molecular formula is C43H36N2O2S. The molecule has 2 atom stereocenters. The molecular weight excluding hydrogens is 609 g/mol. The van der Waals surface area contributed by atoms with Crippen LogP contribution in [0.15, 0.2) is 163 Å². The third kappa shape index (κ3) is 5.60. The van der Waals surface area contributed by atoms with E-state index in [1.807, 2.05) is 67.6 Å². The van der Waals surface area contributed by atoms with Crippen molar-refractivity contribution in [2.45, 2.75) is 37.0 Å². The highest BCUT2D eigenvalue weighted by molar-refractivity contribution is 7.89. The minimum Gasteiger partial charge on any atom is -0.286 e. The summed E-state index contributed by atoms with van der Waals surface area (Å²) in [5.74, 6) is 0. The maximum atomic E-state index is 14.2. The second kappa shape index (κ2) is 12.5. The molecule has 0 amide bonds. The fraction of sp³-hybridized carbons (Fsp3) is 0.116. The van der Waals surface area contributed by atoms with Crippen molar-refractivity contribution in [2.75, 3.05) is 0 Å². The van der Waals surface area contributed by atoms with Crippen LogP contribution in [0.2, 0.25) is 0 Å². The maximum Gasteiger partial charge on any atom is 0.241 e. The van der Waals surface area contributed by atoms with Gasteiger partial charge in [-0.1, -0.05) is 151 Å². The molecule has 48 heavy (non-hydrogen) atoms. The van der Waals surface area contributed by atoms with Crippen LogP contribution < -0.4 is 4.72 Å². The van der Waals surface area contributed by atoms with E-state index in [1.165, 1.54) is 43.8 Å². The molecule has 7 aromatic rings. The van der Waals surface area contributed by atoms with E-state index in [4.69, 9.17) is 0 Å². The van der Waals surface area contributed by atoms with E-state index in [0.29, 0.717) is 13.1 Å². The SMILES string of the molecule is Cc1ccc(S(=O)(=O)NC(c2ccccc2)C(c2ccccc2)N2Cc3ccc4ccccc4c3-c3c(ccc4ccccc34)C2)cc1. The molecule has 236 valence electrons. The van der Waals surface area contributed by atoms with Crippen molar-refractivity contribution in [3.8, 4) is 11.1 Å². The highest BCUT2D eigenvalue weighted by atomic mass is 32.2. The lowest BCUT2D eigenvalue weighted by molar-refractivity contribution is 0.150. The molecule has 4 nitrogen and oxygen atoms in total. The molecule has 0 spiro atoms. The Morgan fingerprint density at radius 2 is 1.02 bits per heavy atom. The first kappa shape index (κ1) is 30.3. The zero-order chi connectivity index (χ0) is 32.7. The molecule has 0 fully saturated rings. The zero-order valence-electron chi connectivity index (χ0n) is 26.8. The van der Waals surface area contributed by atoms with Crippen LogP contribution in [0.1, 0.15) is 39.9 Å². The normalized spacial score (nSPS) is 14.6. The van der Waals surface area contributed by atoms with Gasteiger partial charge < -0.3 is 0 Å². The van der Waals surface area contributed by atoms with Gasteiger partial charge >= 0.3 is 0 Å². The Labute approximate surface area is 282 Å². The number of fused-ring (bicyclic) bond motifs is 7. The molecule has 2 unspecified atom stereocenters. The van der Waals surface area contributed by atoms with Gasteiger partial charge in [0.1, 0.15) is 0 Å². The van der Waals surface area contributed by atoms with Gasteiger partial charge in [-0.15, -0.1) is 0 Å². The van der Waals surface area contributed by atoms with Crippen LogP contribution >= 0.6 is 0 Å². The number of benzene rings is 7. The Kier molecular flexibility index (Phi) is 7.89. The molecule has 0 aliphatic carbocycles. The summed E-state index contributed by atoms with van der Waals surface area (Å²) in [5, 5.41) is 4.86. The Bertz CT molecular complexity index is 2270. The number of nitrogens with zero attached hydrogens (tertiary/aromatic N) is 1. The molecule has 1 heterocycles. The van der Waals surface area contributed by atoms with Crippen molar-refractivity contribution in [3.63, 3.8) is 0 Å². The predicted octanol–water partition coefficient (Wildman–Crippen LogP) is 9.75. The fourth-order valence-electron chi connectivity index (χ4n) is 7.37. The van der Waals surface area contributed by atoms with Crippen LogP contribution in [0.25, 0.3) is 32.7 Å². The van der Waals surface area contributed by atoms with Crippen LogP contribution in [0.3, 0.4) is 0 Å². The average Bonchev–Trinajstić information content (AvgIpc) is 3.29. The Morgan fingerprint density at radius 3 is 1.56 bits per heavy atom. The first-order valence-corrected chi connectivity index (χ1v) is 17.9. The quantitative estimate of drug-likeness (QED) is 0.188. The molecule has 1 N–H and O–H groups in total. The summed E-state index contributed by atoms with van der Waals surface area (Å²) in [6.07, 6.45) is 0. The highest BCUT2D eigenvalue weighted by Gasteiger charge is 2.36. The van der Waals surface area contributed by atoms with Gasteiger partial charge in [0.25, 0.3) is 0 Å². The van der Waals surface area contributed by atoms with Gasteiger partial charge in [0.05, 0.1) is 17.0 Å². The minimum atomic E-state index is -3.88. The molecule has 0 radical (unpaired) electrons. The Morgan fingerprint density at radius 1 is 0.542 bits per heavy atom. The molecule has 0 saturated carbocycles. The summed E-state index contributed by atoms with van der Waals surface area (Å²) >= 11 is 0. The number of hydrogen-bond donors (Lipinski definition) is 1. The van der Waals surface area contributed by atoms with Gasteiger partial charge in [0.15, 0.2) is 0 Å². The van der Waals surface area contributed by atoms with E-state index in [0.717, 1.165) is 16.7 Å². The van der Waals surface area contributed by atoms with E-state index in [9.17, 15) is 8.42 Å². The van der Waals surface area contributed by atoms with Gasteiger partial charge in [0, 0.05) is 13.1 Å². The summed E-state index contributed by atoms with van der Waals surface area (Å²) < 4.78 is 31.5. The van der Waals surface area contributed by atoms with Crippen LogP contribution in [0.4, 0.5) is 0 Å². The van der Waals surface area contributed by atoms with Crippen LogP contribution in [-0.4, -0.2) is 13.3 Å². The third-order valence-electron chi connectivity index (χ3n) is 9.65. The molecule has 5 heteroatoms. The first-order chi connectivity index (χ1) is 23.5. The van der Waals surface area contributed by atoms with E-state index in [2.05, 4.69) is 94.6 Å². The van der Waals surface area contributed by atoms with E-state index < -0.39 is 16.1 Å². The largest absolute Gasteiger partial charge is 0.286 e. The lowest BCUT2D eigenvalue weighted by Gasteiger charge is -2.38. The van der Waals surface area contributed by atoms with Crippen LogP contribution in [0, 0.1) is 6.92 Å². The number of hydrogen-bond acceptors (Lipinski definition) is 3. The van der Waals surface area contributed by atoms with Crippen LogP contribution in [0.5, 0.6) is 0 Å². The fourth-order valence-corrected chi connectivity index (χ4v) is 8.60. The molecule has 8 rings (SSSR count). The number of aryl methyl sites for hydroxylation is 1. The summed E-state index contributed by atoms with van der Waals surface area (Å²) in [7, 11) is -3.88. The van der Waals surface area contributed by atoms with Gasteiger partial charge in [0.2, 0.25) is 10.0 Å².